The SMILES string of the molecule is Cc1ccc(S(=O)(=O)N2CCCCC2)cc1NC(=O)c1ccc([N+](=O)[O-])cc1. The minimum absolute atomic E-state index is 0.109. The van der Waals surface area contributed by atoms with Gasteiger partial charge < -0.3 is 5.32 Å². The highest BCUT2D eigenvalue weighted by Crippen LogP contribution is 2.25. The van der Waals surface area contributed by atoms with E-state index in [0.29, 0.717) is 24.3 Å². The van der Waals surface area contributed by atoms with Gasteiger partial charge in [-0.05, 0) is 49.6 Å². The maximum absolute atomic E-state index is 12.9. The van der Waals surface area contributed by atoms with Gasteiger partial charge in [0, 0.05) is 36.5 Å². The van der Waals surface area contributed by atoms with Gasteiger partial charge in [-0.15, -0.1) is 0 Å². The fourth-order valence-corrected chi connectivity index (χ4v) is 4.62. The van der Waals surface area contributed by atoms with Crippen molar-refractivity contribution >= 4 is 27.3 Å². The molecule has 1 fully saturated rings. The van der Waals surface area contributed by atoms with Crippen LogP contribution >= 0.6 is 0 Å². The molecule has 0 radical (unpaired) electrons. The number of aryl methyl sites for hydroxylation is 1. The molecule has 0 atom stereocenters. The number of anilines is 1. The summed E-state index contributed by atoms with van der Waals surface area (Å²) in [5.74, 6) is -0.467. The van der Waals surface area contributed by atoms with Crippen LogP contribution in [0.25, 0.3) is 0 Å². The van der Waals surface area contributed by atoms with E-state index in [4.69, 9.17) is 0 Å². The molecule has 0 spiro atoms. The number of rotatable bonds is 5. The van der Waals surface area contributed by atoms with Crippen molar-refractivity contribution in [2.45, 2.75) is 31.1 Å². The van der Waals surface area contributed by atoms with Crippen LogP contribution in [0, 0.1) is 17.0 Å². The van der Waals surface area contributed by atoms with Crippen LogP contribution in [-0.4, -0.2) is 36.6 Å². The first-order valence-electron chi connectivity index (χ1n) is 8.95. The van der Waals surface area contributed by atoms with E-state index in [1.165, 1.54) is 34.6 Å². The molecule has 1 amide bonds. The van der Waals surface area contributed by atoms with Crippen molar-refractivity contribution in [3.8, 4) is 0 Å². The van der Waals surface area contributed by atoms with E-state index in [1.807, 2.05) is 0 Å². The molecule has 8 nitrogen and oxygen atoms in total. The zero-order valence-corrected chi connectivity index (χ0v) is 16.2. The Bertz CT molecular complexity index is 997. The number of nitro benzene ring substituents is 1. The number of carbonyl (C=O) groups excluding carboxylic acids is 1. The summed E-state index contributed by atoms with van der Waals surface area (Å²) in [6.45, 7) is 2.77. The summed E-state index contributed by atoms with van der Waals surface area (Å²) in [6.07, 6.45) is 2.71. The Labute approximate surface area is 163 Å². The van der Waals surface area contributed by atoms with Gasteiger partial charge in [0.05, 0.1) is 9.82 Å². The quantitative estimate of drug-likeness (QED) is 0.608. The van der Waals surface area contributed by atoms with Crippen molar-refractivity contribution in [3.05, 3.63) is 63.7 Å². The molecule has 28 heavy (non-hydrogen) atoms. The second-order valence-corrected chi connectivity index (χ2v) is 8.64. The highest BCUT2D eigenvalue weighted by Gasteiger charge is 2.26. The van der Waals surface area contributed by atoms with Gasteiger partial charge in [0.2, 0.25) is 10.0 Å². The lowest BCUT2D eigenvalue weighted by Gasteiger charge is -2.26. The molecule has 148 valence electrons. The first kappa shape index (κ1) is 20.0. The molecule has 0 aromatic heterocycles. The van der Waals surface area contributed by atoms with Crippen LogP contribution in [0.2, 0.25) is 0 Å². The third-order valence-electron chi connectivity index (χ3n) is 4.75. The van der Waals surface area contributed by atoms with Crippen LogP contribution in [0.5, 0.6) is 0 Å². The number of benzene rings is 2. The topological polar surface area (TPSA) is 110 Å². The maximum atomic E-state index is 12.9. The van der Waals surface area contributed by atoms with E-state index in [9.17, 15) is 23.3 Å². The van der Waals surface area contributed by atoms with E-state index in [0.717, 1.165) is 19.3 Å². The van der Waals surface area contributed by atoms with Crippen molar-refractivity contribution < 1.29 is 18.1 Å². The monoisotopic (exact) mass is 403 g/mol. The summed E-state index contributed by atoms with van der Waals surface area (Å²) in [6, 6.07) is 9.87. The minimum Gasteiger partial charge on any atom is -0.322 e. The van der Waals surface area contributed by atoms with Crippen molar-refractivity contribution in [1.29, 1.82) is 0 Å². The van der Waals surface area contributed by atoms with Gasteiger partial charge in [0.15, 0.2) is 0 Å². The molecule has 9 heteroatoms. The summed E-state index contributed by atoms with van der Waals surface area (Å²) in [7, 11) is -3.61. The molecule has 1 saturated heterocycles. The smallest absolute Gasteiger partial charge is 0.269 e. The average molecular weight is 403 g/mol. The number of amides is 1. The van der Waals surface area contributed by atoms with Crippen molar-refractivity contribution in [3.63, 3.8) is 0 Å². The van der Waals surface area contributed by atoms with Crippen LogP contribution in [0.4, 0.5) is 11.4 Å². The lowest BCUT2D eigenvalue weighted by Crippen LogP contribution is -2.35. The molecule has 0 bridgehead atoms. The number of nitrogens with zero attached hydrogens (tertiary/aromatic N) is 2. The van der Waals surface area contributed by atoms with Crippen LogP contribution in [0.1, 0.15) is 35.2 Å². The van der Waals surface area contributed by atoms with E-state index >= 15 is 0 Å². The van der Waals surface area contributed by atoms with Gasteiger partial charge in [-0.25, -0.2) is 8.42 Å². The van der Waals surface area contributed by atoms with Gasteiger partial charge in [-0.2, -0.15) is 4.31 Å². The zero-order valence-electron chi connectivity index (χ0n) is 15.4. The molecule has 1 aliphatic heterocycles. The molecule has 1 N–H and O–H groups in total. The maximum Gasteiger partial charge on any atom is 0.269 e. The van der Waals surface area contributed by atoms with Crippen molar-refractivity contribution in [2.24, 2.45) is 0 Å². The third kappa shape index (κ3) is 4.20. The standard InChI is InChI=1S/C19H21N3O5S/c1-14-5-10-17(28(26,27)21-11-3-2-4-12-21)13-18(14)20-19(23)15-6-8-16(9-7-15)22(24)25/h5-10,13H,2-4,11-12H2,1H3,(H,20,23). The summed E-state index contributed by atoms with van der Waals surface area (Å²) < 4.78 is 27.2. The fraction of sp³-hybridized carbons (Fsp3) is 0.316. The van der Waals surface area contributed by atoms with Crippen molar-refractivity contribution in [1.82, 2.24) is 4.31 Å². The predicted molar refractivity (Wildman–Crippen MR) is 105 cm³/mol. The second kappa shape index (κ2) is 8.07. The highest BCUT2D eigenvalue weighted by atomic mass is 32.2. The molecule has 1 heterocycles. The second-order valence-electron chi connectivity index (χ2n) is 6.70. The average Bonchev–Trinajstić information content (AvgIpc) is 2.70. The molecule has 0 saturated carbocycles. The number of sulfonamides is 1. The van der Waals surface area contributed by atoms with Gasteiger partial charge in [0.25, 0.3) is 11.6 Å². The number of piperidine rings is 1. The molecule has 1 aliphatic rings. The predicted octanol–water partition coefficient (Wildman–Crippen LogP) is 3.33. The Hall–Kier alpha value is -2.78. The first-order valence-corrected chi connectivity index (χ1v) is 10.4. The van der Waals surface area contributed by atoms with E-state index in [-0.39, 0.29) is 16.1 Å². The van der Waals surface area contributed by atoms with Crippen LogP contribution < -0.4 is 5.32 Å². The number of nitro groups is 1. The number of non-ortho nitro benzene ring substituents is 1. The van der Waals surface area contributed by atoms with E-state index in [1.54, 1.807) is 19.1 Å². The normalized spacial score (nSPS) is 15.2. The molecule has 0 aliphatic carbocycles. The summed E-state index contributed by atoms with van der Waals surface area (Å²) in [4.78, 5) is 22.8. The van der Waals surface area contributed by atoms with Gasteiger partial charge in [-0.1, -0.05) is 12.5 Å². The van der Waals surface area contributed by atoms with Crippen molar-refractivity contribution in [2.75, 3.05) is 18.4 Å². The third-order valence-corrected chi connectivity index (χ3v) is 6.64. The molecule has 2 aromatic rings. The lowest BCUT2D eigenvalue weighted by molar-refractivity contribution is -0.384. The number of nitrogens with one attached hydrogen (secondary N) is 1. The van der Waals surface area contributed by atoms with E-state index in [2.05, 4.69) is 5.32 Å². The lowest BCUT2D eigenvalue weighted by atomic mass is 10.1. The number of hydrogen-bond acceptors (Lipinski definition) is 5. The molecular weight excluding hydrogens is 382 g/mol. The highest BCUT2D eigenvalue weighted by molar-refractivity contribution is 7.89. The number of carbonyl (C=O) groups is 1. The van der Waals surface area contributed by atoms with Crippen LogP contribution in [0.3, 0.4) is 0 Å². The Morgan fingerprint density at radius 2 is 1.71 bits per heavy atom. The molecule has 2 aromatic carbocycles. The summed E-state index contributed by atoms with van der Waals surface area (Å²) in [5.41, 5.74) is 1.24. The largest absolute Gasteiger partial charge is 0.322 e. The van der Waals surface area contributed by atoms with Crippen LogP contribution in [-0.2, 0) is 10.0 Å². The fourth-order valence-electron chi connectivity index (χ4n) is 3.08. The Kier molecular flexibility index (Phi) is 5.76. The van der Waals surface area contributed by atoms with Crippen LogP contribution in [0.15, 0.2) is 47.4 Å². The number of hydrogen-bond donors (Lipinski definition) is 1. The Morgan fingerprint density at radius 3 is 2.32 bits per heavy atom. The van der Waals surface area contributed by atoms with Gasteiger partial charge in [-0.3, -0.25) is 14.9 Å². The zero-order chi connectivity index (χ0) is 20.3. The molecular formula is C19H21N3O5S. The first-order chi connectivity index (χ1) is 13.3. The Balaban J connectivity index is 1.83. The summed E-state index contributed by atoms with van der Waals surface area (Å²) in [5, 5.41) is 13.4. The Morgan fingerprint density at radius 1 is 1.07 bits per heavy atom. The molecule has 0 unspecified atom stereocenters. The van der Waals surface area contributed by atoms with Gasteiger partial charge >= 0.3 is 0 Å². The molecule has 3 rings (SSSR count). The minimum atomic E-state index is -3.61. The summed E-state index contributed by atoms with van der Waals surface area (Å²) >= 11 is 0. The van der Waals surface area contributed by atoms with E-state index < -0.39 is 20.9 Å². The van der Waals surface area contributed by atoms with Gasteiger partial charge in [0.1, 0.15) is 0 Å².